The van der Waals surface area contributed by atoms with Gasteiger partial charge in [0.15, 0.2) is 0 Å². The summed E-state index contributed by atoms with van der Waals surface area (Å²) in [4.78, 5) is -4.10. The summed E-state index contributed by atoms with van der Waals surface area (Å²) in [7, 11) is 0. The first-order valence-electron chi connectivity index (χ1n) is 1.19. The summed E-state index contributed by atoms with van der Waals surface area (Å²) in [5.41, 5.74) is 0. The van der Waals surface area contributed by atoms with E-state index in [0.29, 0.717) is 0 Å². The highest BCUT2D eigenvalue weighted by atomic mass is 79.9. The number of rotatable bonds is 1. The van der Waals surface area contributed by atoms with Crippen molar-refractivity contribution in [2.75, 3.05) is 0 Å². The second-order valence-corrected chi connectivity index (χ2v) is 1.75. The van der Waals surface area contributed by atoms with E-state index in [2.05, 4.69) is 0 Å². The van der Waals surface area contributed by atoms with Crippen molar-refractivity contribution in [3.63, 3.8) is 0 Å². The fourth-order valence-corrected chi connectivity index (χ4v) is 0. The summed E-state index contributed by atoms with van der Waals surface area (Å²) in [6.45, 7) is 0. The van der Waals surface area contributed by atoms with E-state index >= 15 is 0 Å². The standard InChI is InChI=1S/C2BrF4/c3-2(6,7)1(4)5. The third kappa shape index (κ3) is 2.85. The molecule has 0 aromatic heterocycles. The molecule has 0 aliphatic heterocycles. The molecule has 0 atom stereocenters. The molecular weight excluding hydrogens is 180 g/mol. The molecule has 7 heavy (non-hydrogen) atoms. The summed E-state index contributed by atoms with van der Waals surface area (Å²) in [6, 6.07) is 0. The third-order valence-electron chi connectivity index (χ3n) is 0.214. The first kappa shape index (κ1) is 7.20. The predicted molar refractivity (Wildman–Crippen MR) is 19.3 cm³/mol. The van der Waals surface area contributed by atoms with Crippen molar-refractivity contribution in [1.29, 1.82) is 0 Å². The second-order valence-electron chi connectivity index (χ2n) is 0.758. The van der Waals surface area contributed by atoms with Crippen LogP contribution in [0.25, 0.3) is 0 Å². The van der Waals surface area contributed by atoms with Gasteiger partial charge in [-0.3, -0.25) is 0 Å². The number of hydrogen-bond acceptors (Lipinski definition) is 0. The van der Waals surface area contributed by atoms with Crippen LogP contribution in [0.2, 0.25) is 0 Å². The molecule has 0 aliphatic carbocycles. The Morgan fingerprint density at radius 2 is 1.43 bits per heavy atom. The van der Waals surface area contributed by atoms with Crippen LogP contribution in [-0.4, -0.2) is 4.83 Å². The van der Waals surface area contributed by atoms with Gasteiger partial charge in [-0.1, -0.05) is 0 Å². The Bertz CT molecular complexity index is 55.2. The Labute approximate surface area is 45.6 Å². The van der Waals surface area contributed by atoms with E-state index in [1.54, 1.807) is 0 Å². The quantitative estimate of drug-likeness (QED) is 0.429. The monoisotopic (exact) mass is 179 g/mol. The van der Waals surface area contributed by atoms with Gasteiger partial charge in [-0.2, -0.15) is 17.6 Å². The molecule has 0 aromatic rings. The van der Waals surface area contributed by atoms with Crippen molar-refractivity contribution in [3.05, 3.63) is 6.43 Å². The first-order valence-corrected chi connectivity index (χ1v) is 1.99. The van der Waals surface area contributed by atoms with Gasteiger partial charge < -0.3 is 0 Å². The molecule has 0 heterocycles. The molecule has 43 valence electrons. The highest BCUT2D eigenvalue weighted by Crippen LogP contribution is 2.34. The van der Waals surface area contributed by atoms with E-state index in [1.807, 2.05) is 0 Å². The molecule has 0 N–H and O–H groups in total. The van der Waals surface area contributed by atoms with Crippen LogP contribution in [0.4, 0.5) is 17.6 Å². The number of halogens is 5. The van der Waals surface area contributed by atoms with Crippen LogP contribution in [0.5, 0.6) is 0 Å². The highest BCUT2D eigenvalue weighted by molar-refractivity contribution is 9.10. The third-order valence-corrected chi connectivity index (χ3v) is 0.514. The largest absolute Gasteiger partial charge is 0.389 e. The fraction of sp³-hybridized carbons (Fsp3) is 0.500. The van der Waals surface area contributed by atoms with E-state index in [9.17, 15) is 17.6 Å². The van der Waals surface area contributed by atoms with E-state index in [-0.39, 0.29) is 0 Å². The van der Waals surface area contributed by atoms with Gasteiger partial charge in [0, 0.05) is 0 Å². The lowest BCUT2D eigenvalue weighted by molar-refractivity contribution is 0.0300. The average molecular weight is 180 g/mol. The van der Waals surface area contributed by atoms with Crippen molar-refractivity contribution in [1.82, 2.24) is 0 Å². The first-order chi connectivity index (χ1) is 2.94. The van der Waals surface area contributed by atoms with Gasteiger partial charge in [0.05, 0.1) is 0 Å². The Morgan fingerprint density at radius 3 is 1.43 bits per heavy atom. The van der Waals surface area contributed by atoms with Crippen molar-refractivity contribution in [3.8, 4) is 0 Å². The minimum Gasteiger partial charge on any atom is -0.191 e. The molecule has 0 amide bonds. The lowest BCUT2D eigenvalue weighted by Crippen LogP contribution is -2.08. The maximum absolute atomic E-state index is 11.0. The van der Waals surface area contributed by atoms with Crippen molar-refractivity contribution in [2.24, 2.45) is 0 Å². The molecule has 1 radical (unpaired) electrons. The summed E-state index contributed by atoms with van der Waals surface area (Å²) in [5.74, 6) is 0. The van der Waals surface area contributed by atoms with Gasteiger partial charge in [-0.15, -0.1) is 0 Å². The molecule has 0 nitrogen and oxygen atoms in total. The molecule has 0 fully saturated rings. The highest BCUT2D eigenvalue weighted by Gasteiger charge is 2.39. The minimum atomic E-state index is -4.10. The van der Waals surface area contributed by atoms with E-state index in [0.717, 1.165) is 0 Å². The molecule has 0 unspecified atom stereocenters. The van der Waals surface area contributed by atoms with Crippen LogP contribution >= 0.6 is 15.9 Å². The van der Waals surface area contributed by atoms with E-state index in [1.165, 1.54) is 15.9 Å². The topological polar surface area (TPSA) is 0 Å². The lowest BCUT2D eigenvalue weighted by atomic mass is 10.8. The van der Waals surface area contributed by atoms with Gasteiger partial charge in [-0.05, 0) is 15.9 Å². The zero-order valence-electron chi connectivity index (χ0n) is 2.89. The molecule has 0 bridgehead atoms. The van der Waals surface area contributed by atoms with Crippen LogP contribution in [0.1, 0.15) is 0 Å². The molecular formula is C2BrF4. The van der Waals surface area contributed by atoms with Crippen LogP contribution in [-0.2, 0) is 0 Å². The van der Waals surface area contributed by atoms with Gasteiger partial charge in [0.25, 0.3) is 0 Å². The van der Waals surface area contributed by atoms with Crippen molar-refractivity contribution < 1.29 is 17.6 Å². The van der Waals surface area contributed by atoms with Gasteiger partial charge >= 0.3 is 11.3 Å². The Balaban J connectivity index is 3.54. The smallest absolute Gasteiger partial charge is 0.191 e. The maximum atomic E-state index is 11.0. The fourth-order valence-electron chi connectivity index (χ4n) is 0. The number of alkyl halides is 3. The van der Waals surface area contributed by atoms with E-state index in [4.69, 9.17) is 0 Å². The Morgan fingerprint density at radius 1 is 1.29 bits per heavy atom. The minimum absolute atomic E-state index is 1.42. The molecule has 0 rings (SSSR count). The Kier molecular flexibility index (Phi) is 2.04. The van der Waals surface area contributed by atoms with Gasteiger partial charge in [0.2, 0.25) is 0 Å². The molecule has 5 heteroatoms. The van der Waals surface area contributed by atoms with Crippen LogP contribution in [0.15, 0.2) is 0 Å². The molecule has 0 aromatic carbocycles. The number of hydrogen-bond donors (Lipinski definition) is 0. The summed E-state index contributed by atoms with van der Waals surface area (Å²) < 4.78 is 43.3. The average Bonchev–Trinajstić information content (AvgIpc) is 1.31. The molecule has 0 aliphatic rings. The maximum Gasteiger partial charge on any atom is 0.389 e. The Hall–Kier alpha value is 0.200. The van der Waals surface area contributed by atoms with Crippen molar-refractivity contribution >= 4 is 15.9 Å². The lowest BCUT2D eigenvalue weighted by Gasteiger charge is -2.00. The summed E-state index contributed by atoms with van der Waals surface area (Å²) >= 11 is 1.42. The van der Waals surface area contributed by atoms with Crippen LogP contribution in [0.3, 0.4) is 0 Å². The predicted octanol–water partition coefficient (Wildman–Crippen LogP) is 2.40. The van der Waals surface area contributed by atoms with Crippen LogP contribution < -0.4 is 0 Å². The normalized spacial score (nSPS) is 12.9. The molecule has 0 spiro atoms. The summed E-state index contributed by atoms with van der Waals surface area (Å²) in [6.07, 6.45) is -2.92. The molecule has 0 saturated heterocycles. The zero-order valence-corrected chi connectivity index (χ0v) is 4.48. The summed E-state index contributed by atoms with van der Waals surface area (Å²) in [5, 5.41) is 0. The molecule has 0 saturated carbocycles. The van der Waals surface area contributed by atoms with Crippen molar-refractivity contribution in [2.45, 2.75) is 4.83 Å². The van der Waals surface area contributed by atoms with Gasteiger partial charge in [0.1, 0.15) is 0 Å². The van der Waals surface area contributed by atoms with Gasteiger partial charge in [-0.25, -0.2) is 0 Å². The zero-order chi connectivity index (χ0) is 6.08. The van der Waals surface area contributed by atoms with E-state index < -0.39 is 11.3 Å². The van der Waals surface area contributed by atoms with Crippen LogP contribution in [0, 0.1) is 6.43 Å². The second kappa shape index (κ2) is 1.98. The SMILES string of the molecule is F[C](F)C(F)(F)Br.